The number of hydrogen-bond donors (Lipinski definition) is 3. The first kappa shape index (κ1) is 16.8. The van der Waals surface area contributed by atoms with Crippen molar-refractivity contribution in [1.82, 2.24) is 16.2 Å². The lowest BCUT2D eigenvalue weighted by Crippen LogP contribution is -2.34. The Hall–Kier alpha value is -2.64. The van der Waals surface area contributed by atoms with Gasteiger partial charge in [-0.25, -0.2) is 9.82 Å². The van der Waals surface area contributed by atoms with Gasteiger partial charge in [0.05, 0.1) is 12.0 Å². The molecule has 2 aliphatic heterocycles. The Morgan fingerprint density at radius 3 is 2.69 bits per heavy atom. The van der Waals surface area contributed by atoms with Gasteiger partial charge in [-0.1, -0.05) is 18.2 Å². The predicted molar refractivity (Wildman–Crippen MR) is 93.0 cm³/mol. The van der Waals surface area contributed by atoms with Gasteiger partial charge in [0.25, 0.3) is 0 Å². The number of hydrogen-bond acceptors (Lipinski definition) is 5. The lowest BCUT2D eigenvalue weighted by molar-refractivity contribution is -0.125. The molecule has 0 aromatic heterocycles. The molecule has 4 rings (SSSR count). The van der Waals surface area contributed by atoms with Gasteiger partial charge in [-0.15, -0.1) is 0 Å². The number of nitrogens with one attached hydrogen (secondary N) is 3. The first-order valence-electron chi connectivity index (χ1n) is 8.61. The van der Waals surface area contributed by atoms with Crippen LogP contribution < -0.4 is 25.6 Å². The van der Waals surface area contributed by atoms with Crippen molar-refractivity contribution >= 4 is 5.91 Å². The van der Waals surface area contributed by atoms with Gasteiger partial charge in [0.15, 0.2) is 11.5 Å². The summed E-state index contributed by atoms with van der Waals surface area (Å²) >= 11 is 0. The smallest absolute Gasteiger partial charge is 0.226 e. The van der Waals surface area contributed by atoms with Crippen LogP contribution in [0.3, 0.4) is 0 Å². The molecule has 1 fully saturated rings. The van der Waals surface area contributed by atoms with Gasteiger partial charge in [0.2, 0.25) is 5.91 Å². The van der Waals surface area contributed by atoms with Crippen LogP contribution in [0.1, 0.15) is 17.2 Å². The standard InChI is InChI=1S/C19H20FN3O3/c20-14-4-1-12(2-5-14)10-21-19(24)15-11-22-23-18(15)13-3-6-16-17(9-13)26-8-7-25-16/h1-6,9,15,18,22-23H,7-8,10-11H2,(H,21,24). The summed E-state index contributed by atoms with van der Waals surface area (Å²) in [7, 11) is 0. The van der Waals surface area contributed by atoms with Crippen LogP contribution in [0.25, 0.3) is 0 Å². The molecule has 2 aliphatic rings. The molecule has 136 valence electrons. The second-order valence-electron chi connectivity index (χ2n) is 6.36. The number of halogens is 1. The summed E-state index contributed by atoms with van der Waals surface area (Å²) in [6, 6.07) is 11.7. The Kier molecular flexibility index (Phi) is 4.73. The van der Waals surface area contributed by atoms with Crippen LogP contribution in [0.15, 0.2) is 42.5 Å². The minimum atomic E-state index is -0.289. The summed E-state index contributed by atoms with van der Waals surface area (Å²) in [5.74, 6) is 0.809. The summed E-state index contributed by atoms with van der Waals surface area (Å²) in [6.07, 6.45) is 0. The topological polar surface area (TPSA) is 71.6 Å². The third kappa shape index (κ3) is 3.49. The van der Waals surface area contributed by atoms with Crippen molar-refractivity contribution in [3.8, 4) is 11.5 Å². The van der Waals surface area contributed by atoms with Crippen molar-refractivity contribution in [3.05, 3.63) is 59.4 Å². The van der Waals surface area contributed by atoms with E-state index in [1.165, 1.54) is 12.1 Å². The fourth-order valence-electron chi connectivity index (χ4n) is 3.23. The number of carbonyl (C=O) groups is 1. The van der Waals surface area contributed by atoms with E-state index in [2.05, 4.69) is 16.2 Å². The zero-order valence-electron chi connectivity index (χ0n) is 14.1. The van der Waals surface area contributed by atoms with Crippen molar-refractivity contribution in [3.63, 3.8) is 0 Å². The van der Waals surface area contributed by atoms with Crippen molar-refractivity contribution < 1.29 is 18.7 Å². The van der Waals surface area contributed by atoms with E-state index in [9.17, 15) is 9.18 Å². The Morgan fingerprint density at radius 1 is 1.12 bits per heavy atom. The van der Waals surface area contributed by atoms with E-state index in [0.29, 0.717) is 32.1 Å². The highest BCUT2D eigenvalue weighted by Gasteiger charge is 2.34. The van der Waals surface area contributed by atoms with Gasteiger partial charge in [-0.2, -0.15) is 0 Å². The number of hydrazine groups is 1. The van der Waals surface area contributed by atoms with Crippen molar-refractivity contribution in [2.75, 3.05) is 19.8 Å². The highest BCUT2D eigenvalue weighted by Crippen LogP contribution is 2.35. The summed E-state index contributed by atoms with van der Waals surface area (Å²) in [4.78, 5) is 12.6. The molecule has 1 amide bonds. The highest BCUT2D eigenvalue weighted by molar-refractivity contribution is 5.80. The largest absolute Gasteiger partial charge is 0.486 e. The first-order chi connectivity index (χ1) is 12.7. The zero-order valence-corrected chi connectivity index (χ0v) is 14.1. The maximum absolute atomic E-state index is 13.0. The van der Waals surface area contributed by atoms with E-state index in [-0.39, 0.29) is 23.7 Å². The average Bonchev–Trinajstić information content (AvgIpc) is 3.17. The highest BCUT2D eigenvalue weighted by atomic mass is 19.1. The van der Waals surface area contributed by atoms with E-state index >= 15 is 0 Å². The van der Waals surface area contributed by atoms with E-state index in [4.69, 9.17) is 9.47 Å². The molecular weight excluding hydrogens is 337 g/mol. The van der Waals surface area contributed by atoms with Crippen molar-refractivity contribution in [2.45, 2.75) is 12.6 Å². The minimum Gasteiger partial charge on any atom is -0.486 e. The third-order valence-electron chi connectivity index (χ3n) is 4.62. The van der Waals surface area contributed by atoms with Gasteiger partial charge in [0.1, 0.15) is 19.0 Å². The van der Waals surface area contributed by atoms with Crippen LogP contribution >= 0.6 is 0 Å². The lowest BCUT2D eigenvalue weighted by atomic mass is 9.93. The van der Waals surface area contributed by atoms with E-state index in [1.807, 2.05) is 18.2 Å². The van der Waals surface area contributed by atoms with Crippen LogP contribution in [0.4, 0.5) is 4.39 Å². The fourth-order valence-corrected chi connectivity index (χ4v) is 3.23. The second kappa shape index (κ2) is 7.31. The molecule has 0 radical (unpaired) electrons. The minimum absolute atomic E-state index is 0.0632. The molecule has 0 saturated carbocycles. The Morgan fingerprint density at radius 2 is 1.88 bits per heavy atom. The monoisotopic (exact) mass is 357 g/mol. The maximum atomic E-state index is 13.0. The quantitative estimate of drug-likeness (QED) is 0.777. The van der Waals surface area contributed by atoms with Crippen LogP contribution in [-0.4, -0.2) is 25.7 Å². The Bertz CT molecular complexity index is 797. The third-order valence-corrected chi connectivity index (χ3v) is 4.62. The van der Waals surface area contributed by atoms with Gasteiger partial charge in [-0.05, 0) is 35.4 Å². The van der Waals surface area contributed by atoms with Gasteiger partial charge >= 0.3 is 0 Å². The van der Waals surface area contributed by atoms with Crippen molar-refractivity contribution in [2.24, 2.45) is 5.92 Å². The molecule has 2 atom stereocenters. The van der Waals surface area contributed by atoms with Crippen molar-refractivity contribution in [1.29, 1.82) is 0 Å². The van der Waals surface area contributed by atoms with Gasteiger partial charge in [-0.3, -0.25) is 10.2 Å². The second-order valence-corrected chi connectivity index (χ2v) is 6.36. The molecule has 2 heterocycles. The van der Waals surface area contributed by atoms with Gasteiger partial charge < -0.3 is 14.8 Å². The normalized spacial score (nSPS) is 21.4. The molecule has 0 aliphatic carbocycles. The average molecular weight is 357 g/mol. The summed E-state index contributed by atoms with van der Waals surface area (Å²) in [5, 5.41) is 2.93. The van der Waals surface area contributed by atoms with E-state index in [1.54, 1.807) is 12.1 Å². The van der Waals surface area contributed by atoms with Crippen LogP contribution in [-0.2, 0) is 11.3 Å². The summed E-state index contributed by atoms with van der Waals surface area (Å²) in [5.41, 5.74) is 8.03. The number of benzene rings is 2. The number of fused-ring (bicyclic) bond motifs is 1. The maximum Gasteiger partial charge on any atom is 0.226 e. The molecular formula is C19H20FN3O3. The molecule has 2 aromatic rings. The van der Waals surface area contributed by atoms with Crippen LogP contribution in [0.2, 0.25) is 0 Å². The predicted octanol–water partition coefficient (Wildman–Crippen LogP) is 1.68. The molecule has 2 aromatic carbocycles. The molecule has 2 unspecified atom stereocenters. The van der Waals surface area contributed by atoms with Gasteiger partial charge in [0, 0.05) is 13.1 Å². The number of carbonyl (C=O) groups excluding carboxylic acids is 1. The SMILES string of the molecule is O=C(NCc1ccc(F)cc1)C1CNNC1c1ccc2c(c1)OCCO2. The summed E-state index contributed by atoms with van der Waals surface area (Å²) < 4.78 is 24.1. The molecule has 26 heavy (non-hydrogen) atoms. The molecule has 1 saturated heterocycles. The first-order valence-corrected chi connectivity index (χ1v) is 8.61. The summed E-state index contributed by atoms with van der Waals surface area (Å²) in [6.45, 7) is 1.95. The molecule has 3 N–H and O–H groups in total. The Balaban J connectivity index is 1.44. The van der Waals surface area contributed by atoms with Crippen LogP contribution in [0.5, 0.6) is 11.5 Å². The Labute approximate surface area is 150 Å². The van der Waals surface area contributed by atoms with Crippen LogP contribution in [0, 0.1) is 11.7 Å². The lowest BCUT2D eigenvalue weighted by Gasteiger charge is -2.22. The van der Waals surface area contributed by atoms with E-state index < -0.39 is 0 Å². The number of rotatable bonds is 4. The number of amides is 1. The number of ether oxygens (including phenoxy) is 2. The molecule has 6 nitrogen and oxygen atoms in total. The molecule has 0 spiro atoms. The molecule has 0 bridgehead atoms. The van der Waals surface area contributed by atoms with E-state index in [0.717, 1.165) is 16.9 Å². The zero-order chi connectivity index (χ0) is 17.9. The molecule has 7 heteroatoms. The fraction of sp³-hybridized carbons (Fsp3) is 0.316.